The Morgan fingerprint density at radius 2 is 2.10 bits per heavy atom. The summed E-state index contributed by atoms with van der Waals surface area (Å²) in [7, 11) is 1.64. The summed E-state index contributed by atoms with van der Waals surface area (Å²) in [6.45, 7) is 0.860. The van der Waals surface area contributed by atoms with Crippen molar-refractivity contribution in [3.63, 3.8) is 0 Å². The highest BCUT2D eigenvalue weighted by atomic mass is 16.5. The van der Waals surface area contributed by atoms with Crippen molar-refractivity contribution >= 4 is 5.69 Å². The lowest BCUT2D eigenvalue weighted by atomic mass is 9.89. The van der Waals surface area contributed by atoms with Crippen LogP contribution in [0.1, 0.15) is 32.1 Å². The summed E-state index contributed by atoms with van der Waals surface area (Å²) in [5.74, 6) is 2.14. The fourth-order valence-electron chi connectivity index (χ4n) is 2.99. The van der Waals surface area contributed by atoms with Gasteiger partial charge in [0.05, 0.1) is 7.11 Å². The molecular weight excluding hydrogens is 266 g/mol. The minimum Gasteiger partial charge on any atom is -0.497 e. The van der Waals surface area contributed by atoms with Gasteiger partial charge >= 0.3 is 0 Å². The first-order chi connectivity index (χ1) is 10.3. The molecule has 0 amide bonds. The number of tetrazole rings is 1. The molecule has 1 heterocycles. The number of aromatic nitrogens is 4. The van der Waals surface area contributed by atoms with E-state index in [9.17, 15) is 0 Å². The third kappa shape index (κ3) is 2.99. The van der Waals surface area contributed by atoms with E-state index in [4.69, 9.17) is 10.5 Å². The van der Waals surface area contributed by atoms with Gasteiger partial charge in [-0.05, 0) is 47.4 Å². The number of rotatable bonds is 4. The maximum absolute atomic E-state index is 6.07. The van der Waals surface area contributed by atoms with Crippen LogP contribution in [-0.2, 0) is 6.54 Å². The molecular formula is C15H21N5O. The monoisotopic (exact) mass is 287 g/mol. The molecule has 1 aliphatic rings. The molecule has 2 aromatic rings. The van der Waals surface area contributed by atoms with E-state index >= 15 is 0 Å². The zero-order valence-corrected chi connectivity index (χ0v) is 12.3. The SMILES string of the molecule is COc1ccc(N)c(-c2nnnn2CC2CCCCC2)c1. The van der Waals surface area contributed by atoms with E-state index in [1.807, 2.05) is 22.9 Å². The minimum absolute atomic E-state index is 0.660. The van der Waals surface area contributed by atoms with Crippen molar-refractivity contribution in [2.24, 2.45) is 5.92 Å². The molecule has 6 heteroatoms. The Kier molecular flexibility index (Phi) is 4.03. The van der Waals surface area contributed by atoms with E-state index in [0.717, 1.165) is 23.7 Å². The van der Waals surface area contributed by atoms with E-state index in [1.54, 1.807) is 7.11 Å². The second-order valence-electron chi connectivity index (χ2n) is 5.64. The molecule has 0 aliphatic heterocycles. The Labute approximate surface area is 124 Å². The van der Waals surface area contributed by atoms with Gasteiger partial charge in [0.15, 0.2) is 5.82 Å². The van der Waals surface area contributed by atoms with Crippen LogP contribution < -0.4 is 10.5 Å². The molecule has 1 aliphatic carbocycles. The number of hydrogen-bond donors (Lipinski definition) is 1. The van der Waals surface area contributed by atoms with Crippen molar-refractivity contribution < 1.29 is 4.74 Å². The lowest BCUT2D eigenvalue weighted by Gasteiger charge is -2.21. The smallest absolute Gasteiger partial charge is 0.184 e. The van der Waals surface area contributed by atoms with Crippen LogP contribution in [0.4, 0.5) is 5.69 Å². The van der Waals surface area contributed by atoms with Crippen LogP contribution in [-0.4, -0.2) is 27.3 Å². The first-order valence-corrected chi connectivity index (χ1v) is 7.48. The van der Waals surface area contributed by atoms with Crippen molar-refractivity contribution in [3.8, 4) is 17.1 Å². The molecule has 2 N–H and O–H groups in total. The fraction of sp³-hybridized carbons (Fsp3) is 0.533. The molecule has 21 heavy (non-hydrogen) atoms. The van der Waals surface area contributed by atoms with Crippen LogP contribution in [0, 0.1) is 5.92 Å². The van der Waals surface area contributed by atoms with E-state index in [2.05, 4.69) is 15.5 Å². The average molecular weight is 287 g/mol. The molecule has 1 saturated carbocycles. The molecule has 112 valence electrons. The fourth-order valence-corrected chi connectivity index (χ4v) is 2.99. The van der Waals surface area contributed by atoms with Gasteiger partial charge < -0.3 is 10.5 Å². The molecule has 0 atom stereocenters. The summed E-state index contributed by atoms with van der Waals surface area (Å²) in [6.07, 6.45) is 6.48. The van der Waals surface area contributed by atoms with Crippen LogP contribution in [0.15, 0.2) is 18.2 Å². The van der Waals surface area contributed by atoms with Crippen molar-refractivity contribution in [1.29, 1.82) is 0 Å². The summed E-state index contributed by atoms with van der Waals surface area (Å²) in [5.41, 5.74) is 7.56. The number of ether oxygens (including phenoxy) is 1. The van der Waals surface area contributed by atoms with Crippen LogP contribution in [0.25, 0.3) is 11.4 Å². The summed E-state index contributed by atoms with van der Waals surface area (Å²) in [4.78, 5) is 0. The molecule has 3 rings (SSSR count). The first kappa shape index (κ1) is 13.9. The zero-order valence-electron chi connectivity index (χ0n) is 12.3. The van der Waals surface area contributed by atoms with Gasteiger partial charge in [-0.15, -0.1) is 5.10 Å². The molecule has 0 bridgehead atoms. The zero-order chi connectivity index (χ0) is 14.7. The highest BCUT2D eigenvalue weighted by Crippen LogP contribution is 2.30. The summed E-state index contributed by atoms with van der Waals surface area (Å²) in [6, 6.07) is 5.56. The number of anilines is 1. The molecule has 1 aromatic heterocycles. The Morgan fingerprint density at radius 3 is 2.86 bits per heavy atom. The Bertz CT molecular complexity index is 604. The molecule has 0 saturated heterocycles. The molecule has 0 unspecified atom stereocenters. The van der Waals surface area contributed by atoms with Crippen molar-refractivity contribution in [1.82, 2.24) is 20.2 Å². The Morgan fingerprint density at radius 1 is 1.29 bits per heavy atom. The number of nitrogen functional groups attached to an aromatic ring is 1. The van der Waals surface area contributed by atoms with Crippen LogP contribution in [0.5, 0.6) is 5.75 Å². The molecule has 0 radical (unpaired) electrons. The highest BCUT2D eigenvalue weighted by Gasteiger charge is 2.19. The van der Waals surface area contributed by atoms with Crippen LogP contribution >= 0.6 is 0 Å². The van der Waals surface area contributed by atoms with Gasteiger partial charge in [0, 0.05) is 17.8 Å². The van der Waals surface area contributed by atoms with Gasteiger partial charge in [-0.2, -0.15) is 0 Å². The van der Waals surface area contributed by atoms with Crippen LogP contribution in [0.3, 0.4) is 0 Å². The molecule has 1 aromatic carbocycles. The van der Waals surface area contributed by atoms with Gasteiger partial charge in [0.25, 0.3) is 0 Å². The van der Waals surface area contributed by atoms with Gasteiger partial charge in [-0.1, -0.05) is 19.3 Å². The topological polar surface area (TPSA) is 78.8 Å². The maximum Gasteiger partial charge on any atom is 0.184 e. The number of benzene rings is 1. The maximum atomic E-state index is 6.07. The first-order valence-electron chi connectivity index (χ1n) is 7.48. The molecule has 6 nitrogen and oxygen atoms in total. The minimum atomic E-state index is 0.660. The number of nitrogens with zero attached hydrogens (tertiary/aromatic N) is 4. The Hall–Kier alpha value is -2.11. The summed E-state index contributed by atoms with van der Waals surface area (Å²) >= 11 is 0. The van der Waals surface area contributed by atoms with E-state index in [0.29, 0.717) is 11.6 Å². The Balaban J connectivity index is 1.87. The largest absolute Gasteiger partial charge is 0.497 e. The van der Waals surface area contributed by atoms with Gasteiger partial charge in [-0.25, -0.2) is 4.68 Å². The average Bonchev–Trinajstić information content (AvgIpc) is 2.97. The van der Waals surface area contributed by atoms with Gasteiger partial charge in [0.2, 0.25) is 0 Å². The standard InChI is InChI=1S/C15H21N5O/c1-21-12-7-8-14(16)13(9-12)15-17-18-19-20(15)10-11-5-3-2-4-6-11/h7-9,11H,2-6,10,16H2,1H3. The lowest BCUT2D eigenvalue weighted by molar-refractivity contribution is 0.307. The second-order valence-corrected chi connectivity index (χ2v) is 5.64. The number of hydrogen-bond acceptors (Lipinski definition) is 5. The number of nitrogens with two attached hydrogens (primary N) is 1. The van der Waals surface area contributed by atoms with Crippen molar-refractivity contribution in [2.45, 2.75) is 38.6 Å². The lowest BCUT2D eigenvalue weighted by Crippen LogP contribution is -2.16. The van der Waals surface area contributed by atoms with E-state index < -0.39 is 0 Å². The molecule has 0 spiro atoms. The quantitative estimate of drug-likeness (QED) is 0.874. The highest BCUT2D eigenvalue weighted by molar-refractivity contribution is 5.73. The summed E-state index contributed by atoms with van der Waals surface area (Å²) < 4.78 is 7.14. The van der Waals surface area contributed by atoms with E-state index in [-0.39, 0.29) is 0 Å². The number of methoxy groups -OCH3 is 1. The van der Waals surface area contributed by atoms with Crippen molar-refractivity contribution in [2.75, 3.05) is 12.8 Å². The van der Waals surface area contributed by atoms with Crippen LogP contribution in [0.2, 0.25) is 0 Å². The third-order valence-corrected chi connectivity index (χ3v) is 4.19. The molecule has 1 fully saturated rings. The van der Waals surface area contributed by atoms with Gasteiger partial charge in [-0.3, -0.25) is 0 Å². The van der Waals surface area contributed by atoms with E-state index in [1.165, 1.54) is 32.1 Å². The summed E-state index contributed by atoms with van der Waals surface area (Å²) in [5, 5.41) is 12.1. The van der Waals surface area contributed by atoms with Gasteiger partial charge in [0.1, 0.15) is 5.75 Å². The predicted octanol–water partition coefficient (Wildman–Crippen LogP) is 2.51. The normalized spacial score (nSPS) is 16.0. The second kappa shape index (κ2) is 6.11. The predicted molar refractivity (Wildman–Crippen MR) is 80.8 cm³/mol. The van der Waals surface area contributed by atoms with Crippen molar-refractivity contribution in [3.05, 3.63) is 18.2 Å². The third-order valence-electron chi connectivity index (χ3n) is 4.19.